The van der Waals surface area contributed by atoms with Crippen LogP contribution < -0.4 is 38.4 Å². The summed E-state index contributed by atoms with van der Waals surface area (Å²) in [4.78, 5) is 87.2. The number of likely N-dealkylation sites (N-methyl/N-ethyl adjacent to an activating group) is 1. The molecule has 0 spiro atoms. The highest BCUT2D eigenvalue weighted by atomic mass is 32.2. The van der Waals surface area contributed by atoms with Gasteiger partial charge in [-0.2, -0.15) is 41.3 Å². The number of nitrogens with one attached hydrogen (secondary N) is 1. The van der Waals surface area contributed by atoms with Gasteiger partial charge in [-0.3, -0.25) is 19.3 Å². The summed E-state index contributed by atoms with van der Waals surface area (Å²) in [6, 6.07) is 71.5. The van der Waals surface area contributed by atoms with Crippen LogP contribution in [-0.2, 0) is 19.1 Å². The van der Waals surface area contributed by atoms with Gasteiger partial charge < -0.3 is 24.8 Å². The number of aliphatic imine (C=N–C) groups is 3. The van der Waals surface area contributed by atoms with E-state index in [0.29, 0.717) is 41.9 Å². The molecular weight excluding hydrogens is 1810 g/mol. The summed E-state index contributed by atoms with van der Waals surface area (Å²) in [5.41, 5.74) is 15.1. The summed E-state index contributed by atoms with van der Waals surface area (Å²) in [7, 11) is 1.41. The van der Waals surface area contributed by atoms with E-state index < -0.39 is 17.2 Å². The molecule has 4 aromatic heterocycles. The van der Waals surface area contributed by atoms with E-state index in [0.717, 1.165) is 177 Å². The molecule has 0 saturated carbocycles. The SMILES string of the molecule is CC1=C(C#N)C(=O)N(C)C(=O)/C1=C\c1sc(N2CCCC2)nc1-c1ccccc1.Cc1ccc(/C=c2\sc(=C(C#N)C#N)nc2-c2ccccc2)cc1.Cc1ccc(N=C2SC(=C(C#N)C#N)C=C2C(C)(C)C)c(NC(=O)C(C)(C)C)c1.N#CN=C1N=C(c2ccccc2)/C(=C/c2cnc(N3CCOCC3)s2)S1.[C-]#[N+]C([N+]#[C-])=c1nc(-c2ccccc2)/c(=C\c2ccc(N(CC)CC)cc2)s1. The second-order valence-corrected chi connectivity index (χ2v) is 39.2. The number of aromatic nitrogens is 4. The van der Waals surface area contributed by atoms with Crippen molar-refractivity contribution in [3.63, 3.8) is 0 Å². The molecule has 0 bridgehead atoms. The zero-order valence-electron chi connectivity index (χ0n) is 77.0. The molecule has 5 aliphatic heterocycles. The van der Waals surface area contributed by atoms with Crippen LogP contribution in [-0.4, -0.2) is 118 Å². The number of allylic oxidation sites excluding steroid dienone is 3. The first-order valence-electron chi connectivity index (χ1n) is 43.4. The van der Waals surface area contributed by atoms with Crippen molar-refractivity contribution in [1.82, 2.24) is 24.8 Å². The number of hydrogen-bond donors (Lipinski definition) is 1. The zero-order valence-corrected chi connectivity index (χ0v) is 81.9. The minimum Gasteiger partial charge on any atom is -0.378 e. The number of rotatable bonds is 15. The smallest absolute Gasteiger partial charge is 0.378 e. The van der Waals surface area contributed by atoms with Crippen LogP contribution in [0.4, 0.5) is 27.3 Å². The third-order valence-electron chi connectivity index (χ3n) is 21.4. The fourth-order valence-electron chi connectivity index (χ4n) is 14.1. The van der Waals surface area contributed by atoms with Crippen LogP contribution in [0.5, 0.6) is 0 Å². The fraction of sp³-hybridized carbons (Fsp3) is 0.226. The number of nitriles is 6. The number of imide groups is 1. The number of aryl methyl sites for hydroxylation is 2. The highest BCUT2D eigenvalue weighted by Gasteiger charge is 2.35. The van der Waals surface area contributed by atoms with Gasteiger partial charge in [0.25, 0.3) is 11.8 Å². The Morgan fingerprint density at radius 2 is 1.12 bits per heavy atom. The number of thiazole rings is 4. The molecule has 9 heterocycles. The van der Waals surface area contributed by atoms with E-state index in [9.17, 15) is 30.2 Å². The fourth-order valence-corrected chi connectivity index (χ4v) is 20.2. The summed E-state index contributed by atoms with van der Waals surface area (Å²) in [6.45, 7) is 43.3. The maximum Gasteiger partial charge on any atom is 0.555 e. The van der Waals surface area contributed by atoms with Crippen molar-refractivity contribution in [2.75, 3.05) is 79.5 Å². The number of amidine groups is 1. The third kappa shape index (κ3) is 25.4. The number of morpholine rings is 1. The molecule has 3 amide bonds. The van der Waals surface area contributed by atoms with E-state index in [2.05, 4.69) is 138 Å². The standard InChI is InChI=1S/C23H26N4OS.C23H20N4S.C22H20N4O2S.C20H13N3S.C18H15N5OS2/c1-14-8-9-17(18(10-14)27-21(28)23(5,6)7)26-20-16(22(2,3)4)11-19(29-20)15(12-24)13-25;1-5-27(6-2)19-14-12-17(13-15-19)16-20-21(18-10-8-7-9-11-18)26-23(28-20)22(24-3)25-4;1-14-16(20(27)25(2)21(28)17(14)13-23)12-18-19(15-8-4-3-5-9-15)24-22(29-18)26-10-6-7-11-26;1-14-7-9-15(10-8-14)11-18-19(16-5-3-2-4-6-16)23-20(24-18)17(12-21)13-22;19-12-21-17-22-16(13-4-2-1-3-5-13)15(26-17)10-14-11-20-18(25-14)23-6-8-24-9-7-23/h8-11H,1-7H3,(H,27,28);7-16H,5-6H2,1-2H3;3-5,8-9,12H,6-7,10-11H2,1-2H3;2-11H,1H3;1-5,10-11H,6-9H2/b;20-16+;16-12-;18-11-;15-10-,21-17?. The molecule has 0 aliphatic carbocycles. The quantitative estimate of drug-likeness (QED) is 0.0327. The Bertz CT molecular complexity index is 7190. The van der Waals surface area contributed by atoms with Gasteiger partial charge in [-0.05, 0) is 147 Å². The van der Waals surface area contributed by atoms with Gasteiger partial charge in [0.1, 0.15) is 64.3 Å². The minimum absolute atomic E-state index is 0.00360. The van der Waals surface area contributed by atoms with Crippen molar-refractivity contribution in [2.24, 2.45) is 25.8 Å². The minimum atomic E-state index is -0.558. The summed E-state index contributed by atoms with van der Waals surface area (Å²) >= 11 is 8.65. The lowest BCUT2D eigenvalue weighted by molar-refractivity contribution is -0.138. The number of amides is 3. The van der Waals surface area contributed by atoms with E-state index in [1.54, 1.807) is 24.3 Å². The van der Waals surface area contributed by atoms with E-state index in [4.69, 9.17) is 43.6 Å². The zero-order chi connectivity index (χ0) is 97.2. The second kappa shape index (κ2) is 47.0. The number of nitrogens with zero attached hydrogens (tertiary/aromatic N) is 19. The molecule has 0 radical (unpaired) electrons. The maximum atomic E-state index is 12.8. The van der Waals surface area contributed by atoms with Crippen molar-refractivity contribution in [3.05, 3.63) is 317 Å². The molecule has 7 aromatic carbocycles. The molecule has 11 aromatic rings. The molecule has 678 valence electrons. The lowest BCUT2D eigenvalue weighted by Gasteiger charge is -2.25. The lowest BCUT2D eigenvalue weighted by atomic mass is 9.86. The predicted octanol–water partition coefficient (Wildman–Crippen LogP) is 20.6. The topological polar surface area (TPSA) is 326 Å². The number of ether oxygens (including phenoxy) is 1. The number of carbonyl (C=O) groups excluding carboxylic acids is 3. The molecule has 5 aliphatic rings. The average Bonchev–Trinajstić information content (AvgIpc) is 1.60. The summed E-state index contributed by atoms with van der Waals surface area (Å²) in [5, 5.41) is 61.1. The first-order valence-corrected chi connectivity index (χ1v) is 48.3. The van der Waals surface area contributed by atoms with Crippen molar-refractivity contribution >= 4 is 166 Å². The Kier molecular flexibility index (Phi) is 34.5. The van der Waals surface area contributed by atoms with Gasteiger partial charge in [-0.25, -0.2) is 29.9 Å². The largest absolute Gasteiger partial charge is 0.555 e. The van der Waals surface area contributed by atoms with Gasteiger partial charge in [-0.1, -0.05) is 245 Å². The molecule has 24 nitrogen and oxygen atoms in total. The molecule has 30 heteroatoms. The maximum absolute atomic E-state index is 12.8. The Morgan fingerprint density at radius 1 is 0.596 bits per heavy atom. The van der Waals surface area contributed by atoms with Crippen LogP contribution >= 0.6 is 68.9 Å². The average molecular weight is 1900 g/mol. The van der Waals surface area contributed by atoms with Gasteiger partial charge in [-0.15, -0.1) is 27.7 Å². The van der Waals surface area contributed by atoms with E-state index in [1.807, 2.05) is 241 Å². The van der Waals surface area contributed by atoms with E-state index in [-0.39, 0.29) is 33.9 Å². The molecular formula is C106H94N20O4S6. The normalized spacial score (nSPS) is 15.4. The van der Waals surface area contributed by atoms with Crippen LogP contribution in [0.1, 0.15) is 113 Å². The molecule has 16 rings (SSSR count). The van der Waals surface area contributed by atoms with Gasteiger partial charge in [0.2, 0.25) is 21.9 Å². The summed E-state index contributed by atoms with van der Waals surface area (Å²) in [6.07, 6.45) is 15.8. The first-order chi connectivity index (χ1) is 65.6. The number of anilines is 4. The van der Waals surface area contributed by atoms with Crippen molar-refractivity contribution in [2.45, 2.75) is 89.0 Å². The van der Waals surface area contributed by atoms with E-state index in [1.165, 1.54) is 75.8 Å². The number of thioether (sulfide) groups is 2. The number of benzene rings is 7. The van der Waals surface area contributed by atoms with Crippen LogP contribution in [0.15, 0.2) is 253 Å². The Labute approximate surface area is 816 Å². The van der Waals surface area contributed by atoms with Gasteiger partial charge in [0, 0.05) is 101 Å². The van der Waals surface area contributed by atoms with Gasteiger partial charge in [0.05, 0.1) is 66.2 Å². The van der Waals surface area contributed by atoms with Crippen LogP contribution in [0.3, 0.4) is 0 Å². The van der Waals surface area contributed by atoms with E-state index >= 15 is 0 Å². The lowest BCUT2D eigenvalue weighted by Crippen LogP contribution is -2.39. The Hall–Kier alpha value is -15.2. The van der Waals surface area contributed by atoms with Crippen molar-refractivity contribution < 1.29 is 19.1 Å². The highest BCUT2D eigenvalue weighted by Crippen LogP contribution is 2.45. The van der Waals surface area contributed by atoms with Crippen LogP contribution in [0.25, 0.3) is 79.2 Å². The number of hydrogen-bond acceptors (Lipinski definition) is 25. The van der Waals surface area contributed by atoms with Crippen molar-refractivity contribution in [3.8, 4) is 70.3 Å². The molecule has 2 saturated heterocycles. The first kappa shape index (κ1) is 99.8. The summed E-state index contributed by atoms with van der Waals surface area (Å²) < 4.78 is 8.20. The molecule has 2 fully saturated rings. The Morgan fingerprint density at radius 3 is 1.65 bits per heavy atom. The third-order valence-corrected chi connectivity index (χ3v) is 27.4. The molecule has 0 unspecified atom stereocenters. The van der Waals surface area contributed by atoms with Crippen LogP contribution in [0, 0.1) is 106 Å². The highest BCUT2D eigenvalue weighted by molar-refractivity contribution is 8.18. The Balaban J connectivity index is 0.000000153. The van der Waals surface area contributed by atoms with Crippen LogP contribution in [0.2, 0.25) is 0 Å². The molecule has 0 atom stereocenters. The molecule has 1 N–H and O–H groups in total. The molecule has 136 heavy (non-hydrogen) atoms. The second-order valence-electron chi connectivity index (χ2n) is 33.0. The number of carbonyl (C=O) groups is 3. The summed E-state index contributed by atoms with van der Waals surface area (Å²) in [5.74, 6) is -1.04. The monoisotopic (exact) mass is 1900 g/mol. The predicted molar refractivity (Wildman–Crippen MR) is 553 cm³/mol. The van der Waals surface area contributed by atoms with Gasteiger partial charge in [0.15, 0.2) is 15.8 Å². The van der Waals surface area contributed by atoms with Crippen molar-refractivity contribution in [1.29, 1.82) is 31.6 Å². The van der Waals surface area contributed by atoms with Gasteiger partial charge >= 0.3 is 5.82 Å².